The van der Waals surface area contributed by atoms with Crippen LogP contribution in [0.3, 0.4) is 0 Å². The van der Waals surface area contributed by atoms with E-state index in [9.17, 15) is 9.59 Å². The SMILES string of the molecule is CC(SC(=S)SCCC(=O)O)C(=O)O. The van der Waals surface area contributed by atoms with Gasteiger partial charge in [0.1, 0.15) is 8.78 Å². The van der Waals surface area contributed by atoms with E-state index >= 15 is 0 Å². The molecule has 0 saturated heterocycles. The third-order valence-electron chi connectivity index (χ3n) is 1.16. The van der Waals surface area contributed by atoms with Gasteiger partial charge in [-0.05, 0) is 6.92 Å². The third kappa shape index (κ3) is 7.16. The molecule has 1 unspecified atom stereocenters. The van der Waals surface area contributed by atoms with Gasteiger partial charge in [-0.1, -0.05) is 24.0 Å². The molecule has 4 nitrogen and oxygen atoms in total. The Labute approximate surface area is 95.4 Å². The molecule has 2 N–H and O–H groups in total. The van der Waals surface area contributed by atoms with Gasteiger partial charge in [-0.15, -0.1) is 11.8 Å². The lowest BCUT2D eigenvalue weighted by Crippen LogP contribution is -2.12. The van der Waals surface area contributed by atoms with Crippen molar-refractivity contribution >= 4 is 51.2 Å². The molecule has 0 aliphatic rings. The second-order valence-electron chi connectivity index (χ2n) is 2.34. The van der Waals surface area contributed by atoms with Gasteiger partial charge in [-0.25, -0.2) is 0 Å². The molecule has 0 bridgehead atoms. The zero-order chi connectivity index (χ0) is 11.1. The molecule has 14 heavy (non-hydrogen) atoms. The molecule has 0 aliphatic carbocycles. The highest BCUT2D eigenvalue weighted by Gasteiger charge is 2.14. The first-order valence-electron chi connectivity index (χ1n) is 3.71. The summed E-state index contributed by atoms with van der Waals surface area (Å²) in [5, 5.41) is 16.3. The third-order valence-corrected chi connectivity index (χ3v) is 3.83. The quantitative estimate of drug-likeness (QED) is 0.723. The Balaban J connectivity index is 3.65. The Morgan fingerprint density at radius 3 is 2.43 bits per heavy atom. The number of hydrogen-bond donors (Lipinski definition) is 2. The summed E-state index contributed by atoms with van der Waals surface area (Å²) in [7, 11) is 0. The number of thioether (sulfide) groups is 2. The largest absolute Gasteiger partial charge is 0.481 e. The van der Waals surface area contributed by atoms with Crippen molar-refractivity contribution in [3.63, 3.8) is 0 Å². The van der Waals surface area contributed by atoms with Crippen LogP contribution in [0.25, 0.3) is 0 Å². The average Bonchev–Trinajstić information content (AvgIpc) is 2.02. The zero-order valence-corrected chi connectivity index (χ0v) is 9.88. The van der Waals surface area contributed by atoms with E-state index in [-0.39, 0.29) is 6.42 Å². The summed E-state index contributed by atoms with van der Waals surface area (Å²) in [6, 6.07) is 0. The highest BCUT2D eigenvalue weighted by Crippen LogP contribution is 2.22. The predicted octanol–water partition coefficient (Wildman–Crippen LogP) is 1.69. The molecule has 0 saturated carbocycles. The molecule has 0 aromatic rings. The zero-order valence-electron chi connectivity index (χ0n) is 7.43. The molecule has 0 aromatic carbocycles. The summed E-state index contributed by atoms with van der Waals surface area (Å²) in [6.45, 7) is 1.54. The molecule has 0 rings (SSSR count). The topological polar surface area (TPSA) is 74.6 Å². The Morgan fingerprint density at radius 1 is 1.43 bits per heavy atom. The van der Waals surface area contributed by atoms with E-state index in [0.717, 1.165) is 11.8 Å². The van der Waals surface area contributed by atoms with Crippen molar-refractivity contribution in [2.75, 3.05) is 5.75 Å². The van der Waals surface area contributed by atoms with E-state index in [1.165, 1.54) is 18.7 Å². The van der Waals surface area contributed by atoms with Crippen LogP contribution in [0.5, 0.6) is 0 Å². The van der Waals surface area contributed by atoms with Gasteiger partial charge in [0.25, 0.3) is 0 Å². The monoisotopic (exact) mass is 254 g/mol. The molecule has 0 spiro atoms. The van der Waals surface area contributed by atoms with Crippen LogP contribution in [0, 0.1) is 0 Å². The van der Waals surface area contributed by atoms with Crippen molar-refractivity contribution in [2.45, 2.75) is 18.6 Å². The van der Waals surface area contributed by atoms with E-state index in [1.807, 2.05) is 0 Å². The van der Waals surface area contributed by atoms with Gasteiger partial charge >= 0.3 is 11.9 Å². The average molecular weight is 254 g/mol. The highest BCUT2D eigenvalue weighted by molar-refractivity contribution is 8.47. The van der Waals surface area contributed by atoms with Crippen LogP contribution in [0.4, 0.5) is 0 Å². The van der Waals surface area contributed by atoms with Gasteiger partial charge in [0.2, 0.25) is 0 Å². The number of carboxylic acids is 2. The first-order valence-corrected chi connectivity index (χ1v) is 5.99. The maximum atomic E-state index is 10.4. The molecule has 0 aromatic heterocycles. The molecule has 0 aliphatic heterocycles. The molecule has 0 amide bonds. The number of thiocarbonyl (C=S) groups is 1. The summed E-state index contributed by atoms with van der Waals surface area (Å²) >= 11 is 7.13. The van der Waals surface area contributed by atoms with Gasteiger partial charge in [-0.2, -0.15) is 0 Å². The smallest absolute Gasteiger partial charge is 0.316 e. The molecule has 0 heterocycles. The van der Waals surface area contributed by atoms with Crippen LogP contribution >= 0.6 is 35.7 Å². The normalized spacial score (nSPS) is 12.1. The minimum absolute atomic E-state index is 0.0345. The Morgan fingerprint density at radius 2 is 2.00 bits per heavy atom. The molecule has 1 atom stereocenters. The molecule has 0 radical (unpaired) electrons. The number of aliphatic carboxylic acids is 2. The molecular weight excluding hydrogens is 244 g/mol. The van der Waals surface area contributed by atoms with E-state index in [4.69, 9.17) is 22.4 Å². The van der Waals surface area contributed by atoms with Crippen molar-refractivity contribution in [2.24, 2.45) is 0 Å². The fraction of sp³-hybridized carbons (Fsp3) is 0.571. The Kier molecular flexibility index (Phi) is 6.94. The van der Waals surface area contributed by atoms with Gasteiger partial charge in [0.15, 0.2) is 0 Å². The van der Waals surface area contributed by atoms with Crippen molar-refractivity contribution in [3.8, 4) is 0 Å². The standard InChI is InChI=1S/C7H10O4S3/c1-4(6(10)11)14-7(12)13-3-2-5(8)9/h4H,2-3H2,1H3,(H,8,9)(H,10,11). The number of carbonyl (C=O) groups is 2. The van der Waals surface area contributed by atoms with E-state index in [1.54, 1.807) is 0 Å². The van der Waals surface area contributed by atoms with Crippen LogP contribution in [-0.2, 0) is 9.59 Å². The van der Waals surface area contributed by atoms with E-state index in [2.05, 4.69) is 0 Å². The Bertz CT molecular complexity index is 241. The van der Waals surface area contributed by atoms with E-state index in [0.29, 0.717) is 9.28 Å². The fourth-order valence-corrected chi connectivity index (χ4v) is 2.92. The predicted molar refractivity (Wildman–Crippen MR) is 62.0 cm³/mol. The molecular formula is C7H10O4S3. The summed E-state index contributed by atoms with van der Waals surface area (Å²) in [6.07, 6.45) is 0.0345. The van der Waals surface area contributed by atoms with Crippen molar-refractivity contribution in [1.82, 2.24) is 0 Å². The van der Waals surface area contributed by atoms with Crippen molar-refractivity contribution in [1.29, 1.82) is 0 Å². The lowest BCUT2D eigenvalue weighted by atomic mass is 10.5. The summed E-state index contributed by atoms with van der Waals surface area (Å²) in [4.78, 5) is 20.6. The molecule has 0 fully saturated rings. The van der Waals surface area contributed by atoms with Crippen molar-refractivity contribution < 1.29 is 19.8 Å². The molecule has 7 heteroatoms. The summed E-state index contributed by atoms with van der Waals surface area (Å²) in [5.74, 6) is -1.42. The van der Waals surface area contributed by atoms with Crippen LogP contribution in [0.1, 0.15) is 13.3 Å². The van der Waals surface area contributed by atoms with Crippen LogP contribution < -0.4 is 0 Å². The second kappa shape index (κ2) is 7.08. The van der Waals surface area contributed by atoms with Crippen LogP contribution in [-0.4, -0.2) is 36.7 Å². The minimum atomic E-state index is -0.920. The lowest BCUT2D eigenvalue weighted by molar-refractivity contribution is -0.137. The summed E-state index contributed by atoms with van der Waals surface area (Å²) < 4.78 is 0.473. The molecule has 80 valence electrons. The lowest BCUT2D eigenvalue weighted by Gasteiger charge is -2.05. The van der Waals surface area contributed by atoms with E-state index < -0.39 is 17.2 Å². The number of hydrogen-bond acceptors (Lipinski definition) is 5. The minimum Gasteiger partial charge on any atom is -0.481 e. The maximum absolute atomic E-state index is 10.4. The van der Waals surface area contributed by atoms with Crippen molar-refractivity contribution in [3.05, 3.63) is 0 Å². The first kappa shape index (κ1) is 13.7. The van der Waals surface area contributed by atoms with Gasteiger partial charge in [-0.3, -0.25) is 9.59 Å². The van der Waals surface area contributed by atoms with Gasteiger partial charge < -0.3 is 10.2 Å². The second-order valence-corrected chi connectivity index (χ2v) is 5.98. The van der Waals surface area contributed by atoms with Gasteiger partial charge in [0, 0.05) is 5.75 Å². The van der Waals surface area contributed by atoms with Crippen LogP contribution in [0.2, 0.25) is 0 Å². The highest BCUT2D eigenvalue weighted by atomic mass is 32.2. The van der Waals surface area contributed by atoms with Crippen LogP contribution in [0.15, 0.2) is 0 Å². The fourth-order valence-electron chi connectivity index (χ4n) is 0.450. The summed E-state index contributed by atoms with van der Waals surface area (Å²) in [5.41, 5.74) is 0. The Hall–Kier alpha value is -0.270. The number of carboxylic acid groups (broad SMARTS) is 2. The van der Waals surface area contributed by atoms with Gasteiger partial charge in [0.05, 0.1) is 6.42 Å². The number of rotatable bonds is 5. The first-order chi connectivity index (χ1) is 6.43. The maximum Gasteiger partial charge on any atom is 0.316 e.